The highest BCUT2D eigenvalue weighted by molar-refractivity contribution is 5.85. The van der Waals surface area contributed by atoms with Crippen LogP contribution in [0.1, 0.15) is 32.8 Å². The first-order valence-corrected chi connectivity index (χ1v) is 8.25. The summed E-state index contributed by atoms with van der Waals surface area (Å²) in [7, 11) is 0. The van der Waals surface area contributed by atoms with Gasteiger partial charge in [0.15, 0.2) is 0 Å². The van der Waals surface area contributed by atoms with Gasteiger partial charge in [-0.15, -0.1) is 0 Å². The Morgan fingerprint density at radius 3 is 2.54 bits per heavy atom. The van der Waals surface area contributed by atoms with Gasteiger partial charge in [0.25, 0.3) is 0 Å². The standard InChI is InChI=1S/C18H26N2O4/c1-18(2,3)24-17(22)20-15-6-4-13(5-7-15)10-16(21)19-11-14-8-9-23-12-14/h4-7,14H,8-12H2,1-3H3,(H,19,21)(H,20,22)/t14-/m1/s1. The van der Waals surface area contributed by atoms with Gasteiger partial charge >= 0.3 is 6.09 Å². The second-order valence-corrected chi connectivity index (χ2v) is 7.03. The van der Waals surface area contributed by atoms with Crippen LogP contribution in [-0.2, 0) is 20.7 Å². The highest BCUT2D eigenvalue weighted by Crippen LogP contribution is 2.14. The average molecular weight is 334 g/mol. The maximum absolute atomic E-state index is 11.9. The summed E-state index contributed by atoms with van der Waals surface area (Å²) in [5.41, 5.74) is 0.994. The molecule has 132 valence electrons. The van der Waals surface area contributed by atoms with Crippen LogP contribution in [-0.4, -0.2) is 37.4 Å². The molecule has 2 amide bonds. The van der Waals surface area contributed by atoms with Crippen molar-refractivity contribution in [1.82, 2.24) is 5.32 Å². The largest absolute Gasteiger partial charge is 0.444 e. The second kappa shape index (κ2) is 8.15. The van der Waals surface area contributed by atoms with Gasteiger partial charge in [-0.25, -0.2) is 4.79 Å². The van der Waals surface area contributed by atoms with Crippen molar-refractivity contribution in [3.8, 4) is 0 Å². The van der Waals surface area contributed by atoms with Crippen molar-refractivity contribution in [1.29, 1.82) is 0 Å². The molecular formula is C18H26N2O4. The van der Waals surface area contributed by atoms with Crippen molar-refractivity contribution < 1.29 is 19.1 Å². The number of benzene rings is 1. The third-order valence-electron chi connectivity index (χ3n) is 3.58. The molecule has 0 spiro atoms. The summed E-state index contributed by atoms with van der Waals surface area (Å²) in [5, 5.41) is 5.60. The number of hydrogen-bond acceptors (Lipinski definition) is 4. The third-order valence-corrected chi connectivity index (χ3v) is 3.58. The number of ether oxygens (including phenoxy) is 2. The summed E-state index contributed by atoms with van der Waals surface area (Å²) >= 11 is 0. The van der Waals surface area contributed by atoms with E-state index in [1.807, 2.05) is 32.9 Å². The highest BCUT2D eigenvalue weighted by Gasteiger charge is 2.17. The van der Waals surface area contributed by atoms with Crippen LogP contribution < -0.4 is 10.6 Å². The monoisotopic (exact) mass is 334 g/mol. The van der Waals surface area contributed by atoms with Crippen molar-refractivity contribution in [3.05, 3.63) is 29.8 Å². The fraction of sp³-hybridized carbons (Fsp3) is 0.556. The summed E-state index contributed by atoms with van der Waals surface area (Å²) in [6.07, 6.45) is 0.831. The topological polar surface area (TPSA) is 76.7 Å². The zero-order valence-electron chi connectivity index (χ0n) is 14.6. The molecule has 6 nitrogen and oxygen atoms in total. The first-order valence-electron chi connectivity index (χ1n) is 8.25. The van der Waals surface area contributed by atoms with Gasteiger partial charge in [-0.05, 0) is 44.9 Å². The summed E-state index contributed by atoms with van der Waals surface area (Å²) in [6, 6.07) is 7.17. The first kappa shape index (κ1) is 18.3. The van der Waals surface area contributed by atoms with Crippen LogP contribution in [0.2, 0.25) is 0 Å². The van der Waals surface area contributed by atoms with E-state index in [9.17, 15) is 9.59 Å². The minimum absolute atomic E-state index is 0.00486. The number of hydrogen-bond donors (Lipinski definition) is 2. The number of carbonyl (C=O) groups is 2. The van der Waals surface area contributed by atoms with Crippen LogP contribution in [0.4, 0.5) is 10.5 Å². The second-order valence-electron chi connectivity index (χ2n) is 7.03. The molecule has 0 aromatic heterocycles. The highest BCUT2D eigenvalue weighted by atomic mass is 16.6. The van der Waals surface area contributed by atoms with Gasteiger partial charge < -0.3 is 14.8 Å². The lowest BCUT2D eigenvalue weighted by molar-refractivity contribution is -0.120. The lowest BCUT2D eigenvalue weighted by atomic mass is 10.1. The predicted molar refractivity (Wildman–Crippen MR) is 91.9 cm³/mol. The van der Waals surface area contributed by atoms with Crippen molar-refractivity contribution in [2.45, 2.75) is 39.2 Å². The first-order chi connectivity index (χ1) is 11.3. The Kier molecular flexibility index (Phi) is 6.20. The van der Waals surface area contributed by atoms with E-state index in [1.54, 1.807) is 12.1 Å². The van der Waals surface area contributed by atoms with Gasteiger partial charge in [0.05, 0.1) is 13.0 Å². The van der Waals surface area contributed by atoms with Crippen LogP contribution in [0.15, 0.2) is 24.3 Å². The molecular weight excluding hydrogens is 308 g/mol. The lowest BCUT2D eigenvalue weighted by Gasteiger charge is -2.19. The number of rotatable bonds is 5. The lowest BCUT2D eigenvalue weighted by Crippen LogP contribution is -2.30. The maximum atomic E-state index is 11.9. The summed E-state index contributed by atoms with van der Waals surface area (Å²) in [5.74, 6) is 0.420. The minimum atomic E-state index is -0.535. The molecule has 24 heavy (non-hydrogen) atoms. The zero-order valence-corrected chi connectivity index (χ0v) is 14.6. The quantitative estimate of drug-likeness (QED) is 0.868. The predicted octanol–water partition coefficient (Wildman–Crippen LogP) is 2.73. The Balaban J connectivity index is 1.76. The SMILES string of the molecule is CC(C)(C)OC(=O)Nc1ccc(CC(=O)NC[C@H]2CCOC2)cc1. The zero-order chi connectivity index (χ0) is 17.6. The van der Waals surface area contributed by atoms with E-state index in [1.165, 1.54) is 0 Å². The van der Waals surface area contributed by atoms with Crippen molar-refractivity contribution in [2.75, 3.05) is 25.1 Å². The third kappa shape index (κ3) is 6.58. The summed E-state index contributed by atoms with van der Waals surface area (Å²) < 4.78 is 10.5. The van der Waals surface area contributed by atoms with Crippen molar-refractivity contribution in [3.63, 3.8) is 0 Å². The number of anilines is 1. The molecule has 1 aromatic rings. The Hall–Kier alpha value is -2.08. The Labute approximate surface area is 142 Å². The van der Waals surface area contributed by atoms with Crippen LogP contribution >= 0.6 is 0 Å². The van der Waals surface area contributed by atoms with E-state index >= 15 is 0 Å². The molecule has 2 rings (SSSR count). The molecule has 1 aliphatic rings. The molecule has 1 heterocycles. The summed E-state index contributed by atoms with van der Waals surface area (Å²) in [4.78, 5) is 23.6. The summed E-state index contributed by atoms with van der Waals surface area (Å²) in [6.45, 7) is 7.61. The van der Waals surface area contributed by atoms with Crippen LogP contribution in [0, 0.1) is 5.92 Å². The molecule has 0 radical (unpaired) electrons. The molecule has 2 N–H and O–H groups in total. The Morgan fingerprint density at radius 1 is 1.25 bits per heavy atom. The van der Waals surface area contributed by atoms with Gasteiger partial charge in [0.1, 0.15) is 5.60 Å². The Bertz CT molecular complexity index is 557. The van der Waals surface area contributed by atoms with E-state index in [0.29, 0.717) is 24.6 Å². The van der Waals surface area contributed by atoms with Gasteiger partial charge in [0.2, 0.25) is 5.91 Å². The molecule has 0 bridgehead atoms. The van der Waals surface area contributed by atoms with Crippen LogP contribution in [0.3, 0.4) is 0 Å². The molecule has 6 heteroatoms. The molecule has 1 atom stereocenters. The van der Waals surface area contributed by atoms with E-state index in [-0.39, 0.29) is 5.91 Å². The molecule has 1 aromatic carbocycles. The van der Waals surface area contributed by atoms with Crippen molar-refractivity contribution in [2.24, 2.45) is 5.92 Å². The van der Waals surface area contributed by atoms with Crippen LogP contribution in [0.5, 0.6) is 0 Å². The van der Waals surface area contributed by atoms with E-state index in [4.69, 9.17) is 9.47 Å². The van der Waals surface area contributed by atoms with E-state index < -0.39 is 11.7 Å². The molecule has 1 aliphatic heterocycles. The van der Waals surface area contributed by atoms with E-state index in [2.05, 4.69) is 10.6 Å². The molecule has 1 saturated heterocycles. The molecule has 1 fully saturated rings. The van der Waals surface area contributed by atoms with Gasteiger partial charge in [-0.2, -0.15) is 0 Å². The maximum Gasteiger partial charge on any atom is 0.412 e. The average Bonchev–Trinajstić information content (AvgIpc) is 2.98. The fourth-order valence-corrected chi connectivity index (χ4v) is 2.38. The number of amides is 2. The fourth-order valence-electron chi connectivity index (χ4n) is 2.38. The minimum Gasteiger partial charge on any atom is -0.444 e. The molecule has 0 aliphatic carbocycles. The molecule has 0 saturated carbocycles. The Morgan fingerprint density at radius 2 is 1.96 bits per heavy atom. The van der Waals surface area contributed by atoms with Gasteiger partial charge in [0, 0.05) is 24.8 Å². The van der Waals surface area contributed by atoms with Crippen LogP contribution in [0.25, 0.3) is 0 Å². The number of nitrogens with one attached hydrogen (secondary N) is 2. The normalized spacial score (nSPS) is 17.4. The number of carbonyl (C=O) groups excluding carboxylic acids is 2. The van der Waals surface area contributed by atoms with Gasteiger partial charge in [-0.3, -0.25) is 10.1 Å². The van der Waals surface area contributed by atoms with Crippen molar-refractivity contribution >= 4 is 17.7 Å². The van der Waals surface area contributed by atoms with Gasteiger partial charge in [-0.1, -0.05) is 12.1 Å². The molecule has 0 unspecified atom stereocenters. The smallest absolute Gasteiger partial charge is 0.412 e. The van der Waals surface area contributed by atoms with E-state index in [0.717, 1.165) is 25.2 Å².